The number of anilines is 2. The number of carbonyl (C=O) groups excluding carboxylic acids is 1. The molecule has 15 heteroatoms. The van der Waals surface area contributed by atoms with Crippen molar-refractivity contribution in [1.29, 1.82) is 0 Å². The third kappa shape index (κ3) is 13.7. The lowest BCUT2D eigenvalue weighted by atomic mass is 9.87. The largest absolute Gasteiger partial charge is 0.475 e. The second-order valence-corrected chi connectivity index (χ2v) is 18.8. The lowest BCUT2D eigenvalue weighted by Crippen LogP contribution is -2.39. The van der Waals surface area contributed by atoms with Crippen LogP contribution in [0.3, 0.4) is 0 Å². The molecule has 2 atom stereocenters. The Balaban J connectivity index is 0.00000316. The smallest absolute Gasteiger partial charge is 0.400 e. The number of alkyl halides is 3. The first kappa shape index (κ1) is 47.5. The number of amides is 1. The molecule has 5 aromatic carbocycles. The van der Waals surface area contributed by atoms with Gasteiger partial charge in [0.15, 0.2) is 10.8 Å². The van der Waals surface area contributed by atoms with Crippen LogP contribution in [0.1, 0.15) is 35.2 Å². The number of morpholine rings is 1. The first-order chi connectivity index (χ1) is 30.1. The molecule has 0 aromatic heterocycles. The van der Waals surface area contributed by atoms with Gasteiger partial charge in [0.25, 0.3) is 5.91 Å². The SMILES string of the molecule is CO.O=C(NSc1ccc(NC(CCN2CCOCC2)CSc2ccccc2)c(S(=O)C(F)(F)F)c1)c1ccc(N2CCC(Cc3ccccc3-c3ccc(Cl)cc3)CC2)cc1. The van der Waals surface area contributed by atoms with Crippen LogP contribution >= 0.6 is 35.3 Å². The molecule has 0 aliphatic carbocycles. The zero-order valence-electron chi connectivity index (χ0n) is 34.5. The van der Waals surface area contributed by atoms with Gasteiger partial charge in [-0.05, 0) is 127 Å². The molecule has 0 spiro atoms. The van der Waals surface area contributed by atoms with E-state index in [1.807, 2.05) is 54.6 Å². The Hall–Kier alpha value is -4.02. The Morgan fingerprint density at radius 1 is 0.871 bits per heavy atom. The number of rotatable bonds is 16. The van der Waals surface area contributed by atoms with Crippen molar-refractivity contribution in [1.82, 2.24) is 9.62 Å². The summed E-state index contributed by atoms with van der Waals surface area (Å²) in [6, 6.07) is 38.0. The average molecular weight is 926 g/mol. The molecule has 2 unspecified atom stereocenters. The van der Waals surface area contributed by atoms with Crippen LogP contribution in [0.2, 0.25) is 5.02 Å². The van der Waals surface area contributed by atoms with Crippen LogP contribution in [-0.2, 0) is 22.0 Å². The highest BCUT2D eigenvalue weighted by Gasteiger charge is 2.39. The molecule has 2 aliphatic rings. The van der Waals surface area contributed by atoms with E-state index in [1.54, 1.807) is 30.0 Å². The molecule has 2 saturated heterocycles. The number of halogens is 4. The molecular formula is C47H52ClF3N4O4S3. The number of benzene rings is 5. The molecule has 62 heavy (non-hydrogen) atoms. The van der Waals surface area contributed by atoms with E-state index in [1.165, 1.54) is 23.3 Å². The van der Waals surface area contributed by atoms with Gasteiger partial charge in [-0.25, -0.2) is 4.21 Å². The van der Waals surface area contributed by atoms with Crippen LogP contribution in [0, 0.1) is 5.92 Å². The predicted molar refractivity (Wildman–Crippen MR) is 249 cm³/mol. The minimum absolute atomic E-state index is 0.157. The van der Waals surface area contributed by atoms with Gasteiger partial charge in [0.05, 0.1) is 23.8 Å². The summed E-state index contributed by atoms with van der Waals surface area (Å²) >= 11 is 8.64. The topological polar surface area (TPSA) is 94.1 Å². The number of hydrogen-bond donors (Lipinski definition) is 3. The van der Waals surface area contributed by atoms with E-state index in [0.29, 0.717) is 41.8 Å². The second kappa shape index (κ2) is 23.6. The molecule has 7 rings (SSSR count). The van der Waals surface area contributed by atoms with Crippen LogP contribution in [0.4, 0.5) is 24.5 Å². The van der Waals surface area contributed by atoms with Gasteiger partial charge < -0.3 is 20.1 Å². The lowest BCUT2D eigenvalue weighted by Gasteiger charge is -2.34. The van der Waals surface area contributed by atoms with Crippen molar-refractivity contribution in [3.05, 3.63) is 137 Å². The summed E-state index contributed by atoms with van der Waals surface area (Å²) in [7, 11) is -2.30. The van der Waals surface area contributed by atoms with E-state index in [4.69, 9.17) is 21.4 Å². The first-order valence-corrected chi connectivity index (χ1v) is 23.9. The van der Waals surface area contributed by atoms with Crippen molar-refractivity contribution in [2.45, 2.75) is 51.9 Å². The summed E-state index contributed by atoms with van der Waals surface area (Å²) in [5.41, 5.74) is 0.388. The van der Waals surface area contributed by atoms with Gasteiger partial charge >= 0.3 is 5.51 Å². The standard InChI is InChI=1S/C46H48ClF3N4O3S3.CH4O/c47-37-14-10-34(11-15-37)42-9-5-4-6-36(42)30-33-20-24-54(25-21-33)39-16-12-35(13-17-39)45(55)52-59-41-18-19-43(44(31-41)60(56)46(48,49)50)51-38(22-23-53-26-28-57-29-27-53)32-58-40-7-2-1-3-8-40;1-2/h1-19,31,33,38,51H,20-30,32H2,(H,52,55);2H,1H3. The van der Waals surface area contributed by atoms with Gasteiger partial charge in [0.1, 0.15) is 0 Å². The molecule has 2 fully saturated rings. The van der Waals surface area contributed by atoms with E-state index in [-0.39, 0.29) is 22.5 Å². The molecule has 0 saturated carbocycles. The zero-order chi connectivity index (χ0) is 43.9. The number of nitrogens with one attached hydrogen (secondary N) is 2. The Labute approximate surface area is 378 Å². The lowest BCUT2D eigenvalue weighted by molar-refractivity contribution is -0.0384. The molecular weight excluding hydrogens is 873 g/mol. The molecule has 2 heterocycles. The number of aliphatic hydroxyl groups excluding tert-OH is 1. The fraction of sp³-hybridized carbons (Fsp3) is 0.340. The monoisotopic (exact) mass is 924 g/mol. The van der Waals surface area contributed by atoms with E-state index >= 15 is 0 Å². The highest BCUT2D eigenvalue weighted by molar-refractivity contribution is 7.99. The number of piperidine rings is 1. The zero-order valence-corrected chi connectivity index (χ0v) is 37.7. The Morgan fingerprint density at radius 2 is 1.55 bits per heavy atom. The van der Waals surface area contributed by atoms with E-state index in [2.05, 4.69) is 56.2 Å². The molecule has 5 aromatic rings. The third-order valence-corrected chi connectivity index (χ3v) is 14.2. The highest BCUT2D eigenvalue weighted by atomic mass is 35.5. The van der Waals surface area contributed by atoms with Gasteiger partial charge in [0, 0.05) is 77.7 Å². The van der Waals surface area contributed by atoms with Gasteiger partial charge in [-0.15, -0.1) is 11.8 Å². The van der Waals surface area contributed by atoms with Gasteiger partial charge in [-0.2, -0.15) is 13.2 Å². The first-order valence-electron chi connectivity index (χ1n) is 20.6. The van der Waals surface area contributed by atoms with E-state index in [9.17, 15) is 22.2 Å². The van der Waals surface area contributed by atoms with Crippen molar-refractivity contribution in [3.63, 3.8) is 0 Å². The number of aliphatic hydroxyl groups is 1. The molecule has 0 bridgehead atoms. The van der Waals surface area contributed by atoms with Gasteiger partial charge in [-0.3, -0.25) is 14.4 Å². The highest BCUT2D eigenvalue weighted by Crippen LogP contribution is 2.35. The maximum atomic E-state index is 14.0. The summed E-state index contributed by atoms with van der Waals surface area (Å²) < 4.78 is 63.2. The predicted octanol–water partition coefficient (Wildman–Crippen LogP) is 10.4. The summed E-state index contributed by atoms with van der Waals surface area (Å²) in [6.07, 6.45) is 3.76. The van der Waals surface area contributed by atoms with Crippen molar-refractivity contribution in [3.8, 4) is 11.1 Å². The number of carbonyl (C=O) groups is 1. The molecule has 3 N–H and O–H groups in total. The molecule has 0 radical (unpaired) electrons. The third-order valence-electron chi connectivity index (χ3n) is 10.9. The maximum absolute atomic E-state index is 14.0. The molecule has 2 aliphatic heterocycles. The van der Waals surface area contributed by atoms with Crippen molar-refractivity contribution >= 4 is 63.4 Å². The fourth-order valence-corrected chi connectivity index (χ4v) is 10.2. The number of hydrogen-bond acceptors (Lipinski definition) is 9. The van der Waals surface area contributed by atoms with Crippen LogP contribution < -0.4 is 14.9 Å². The van der Waals surface area contributed by atoms with Crippen molar-refractivity contribution in [2.24, 2.45) is 5.92 Å². The fourth-order valence-electron chi connectivity index (χ4n) is 7.56. The normalized spacial score (nSPS) is 15.9. The minimum atomic E-state index is -4.97. The number of thioether (sulfide) groups is 1. The summed E-state index contributed by atoms with van der Waals surface area (Å²) in [5, 5.41) is 11.0. The van der Waals surface area contributed by atoms with Crippen molar-refractivity contribution in [2.75, 3.05) is 69.0 Å². The quantitative estimate of drug-likeness (QED) is 0.0661. The van der Waals surface area contributed by atoms with Crippen LogP contribution in [0.5, 0.6) is 0 Å². The van der Waals surface area contributed by atoms with Crippen LogP contribution in [0.25, 0.3) is 11.1 Å². The number of ether oxygens (including phenoxy) is 1. The molecule has 1 amide bonds. The van der Waals surface area contributed by atoms with E-state index in [0.717, 1.165) is 92.2 Å². The van der Waals surface area contributed by atoms with Gasteiger partial charge in [-0.1, -0.05) is 66.2 Å². The maximum Gasteiger partial charge on any atom is 0.475 e. The number of nitrogens with zero attached hydrogens (tertiary/aromatic N) is 2. The average Bonchev–Trinajstić information content (AvgIpc) is 3.31. The summed E-state index contributed by atoms with van der Waals surface area (Å²) in [4.78, 5) is 18.9. The second-order valence-electron chi connectivity index (χ2n) is 15.0. The minimum Gasteiger partial charge on any atom is -0.400 e. The summed E-state index contributed by atoms with van der Waals surface area (Å²) in [5.74, 6) is 0.763. The van der Waals surface area contributed by atoms with Crippen LogP contribution in [-0.4, -0.2) is 90.5 Å². The van der Waals surface area contributed by atoms with E-state index < -0.39 is 16.3 Å². The Morgan fingerprint density at radius 3 is 2.24 bits per heavy atom. The molecule has 8 nitrogen and oxygen atoms in total. The Bertz CT molecular complexity index is 2190. The molecule has 330 valence electrons. The van der Waals surface area contributed by atoms with Gasteiger partial charge in [0.2, 0.25) is 0 Å². The summed E-state index contributed by atoms with van der Waals surface area (Å²) in [6.45, 7) is 5.45. The van der Waals surface area contributed by atoms with Crippen LogP contribution in [0.15, 0.2) is 136 Å². The Kier molecular flexibility index (Phi) is 18.1. The van der Waals surface area contributed by atoms with Crippen molar-refractivity contribution < 1.29 is 32.0 Å².